The van der Waals surface area contributed by atoms with Crippen molar-refractivity contribution >= 4 is 23.2 Å². The van der Waals surface area contributed by atoms with Crippen LogP contribution < -0.4 is 25.4 Å². The van der Waals surface area contributed by atoms with Crippen molar-refractivity contribution in [1.82, 2.24) is 10.6 Å². The van der Waals surface area contributed by atoms with E-state index in [1.165, 1.54) is 7.11 Å². The fraction of sp³-hybridized carbons (Fsp3) is 0.409. The number of methoxy groups -OCH3 is 1. The van der Waals surface area contributed by atoms with Crippen LogP contribution in [-0.2, 0) is 11.3 Å². The van der Waals surface area contributed by atoms with Crippen molar-refractivity contribution in [3.8, 4) is 11.5 Å². The number of anilines is 1. The number of aliphatic hydroxyl groups is 1. The number of halogens is 1. The van der Waals surface area contributed by atoms with Crippen LogP contribution in [0.15, 0.2) is 36.4 Å². The topological polar surface area (TPSA) is 91.8 Å². The van der Waals surface area contributed by atoms with Crippen LogP contribution in [0.2, 0.25) is 5.02 Å². The zero-order chi connectivity index (χ0) is 21.8. The highest BCUT2D eigenvalue weighted by molar-refractivity contribution is 6.32. The molecule has 0 radical (unpaired) electrons. The Labute approximate surface area is 182 Å². The monoisotopic (exact) mass is 435 g/mol. The number of amides is 1. The predicted octanol–water partition coefficient (Wildman–Crippen LogP) is 2.74. The fourth-order valence-electron chi connectivity index (χ4n) is 2.76. The van der Waals surface area contributed by atoms with E-state index in [9.17, 15) is 4.79 Å². The van der Waals surface area contributed by atoms with Crippen molar-refractivity contribution in [2.75, 3.05) is 45.3 Å². The number of carbonyl (C=O) groups excluding carboxylic acids is 1. The average Bonchev–Trinajstić information content (AvgIpc) is 2.73. The Morgan fingerprint density at radius 3 is 2.53 bits per heavy atom. The highest BCUT2D eigenvalue weighted by atomic mass is 35.5. The lowest BCUT2D eigenvalue weighted by atomic mass is 10.2. The van der Waals surface area contributed by atoms with E-state index in [-0.39, 0.29) is 19.1 Å². The molecular formula is C22H30ClN3O4. The molecule has 2 aromatic rings. The summed E-state index contributed by atoms with van der Waals surface area (Å²) in [4.78, 5) is 12.2. The van der Waals surface area contributed by atoms with Crippen LogP contribution in [0.25, 0.3) is 0 Å². The van der Waals surface area contributed by atoms with Gasteiger partial charge in [-0.2, -0.15) is 0 Å². The van der Waals surface area contributed by atoms with Gasteiger partial charge < -0.3 is 30.5 Å². The van der Waals surface area contributed by atoms with Crippen LogP contribution in [0, 0.1) is 6.92 Å². The Bertz CT molecular complexity index is 800. The summed E-state index contributed by atoms with van der Waals surface area (Å²) in [5.41, 5.74) is 2.78. The zero-order valence-corrected chi connectivity index (χ0v) is 18.2. The van der Waals surface area contributed by atoms with Crippen molar-refractivity contribution < 1.29 is 19.4 Å². The SMILES string of the molecule is COc1cc(CNCCCNCCO)cc(Cl)c1OCC(=O)Nc1ccc(C)cc1. The van der Waals surface area contributed by atoms with Crippen LogP contribution in [0.4, 0.5) is 5.69 Å². The predicted molar refractivity (Wildman–Crippen MR) is 120 cm³/mol. The summed E-state index contributed by atoms with van der Waals surface area (Å²) < 4.78 is 11.0. The lowest BCUT2D eigenvalue weighted by Gasteiger charge is -2.15. The Kier molecular flexibility index (Phi) is 10.4. The molecule has 0 aliphatic heterocycles. The van der Waals surface area contributed by atoms with E-state index in [0.29, 0.717) is 35.3 Å². The first-order valence-corrected chi connectivity index (χ1v) is 10.3. The maximum absolute atomic E-state index is 12.2. The standard InChI is InChI=1S/C22H30ClN3O4/c1-16-4-6-18(7-5-16)26-21(28)15-30-22-19(23)12-17(13-20(22)29-2)14-25-9-3-8-24-10-11-27/h4-7,12-13,24-25,27H,3,8-11,14-15H2,1-2H3,(H,26,28). The molecule has 0 bridgehead atoms. The number of rotatable bonds is 13. The van der Waals surface area contributed by atoms with Crippen molar-refractivity contribution in [1.29, 1.82) is 0 Å². The molecular weight excluding hydrogens is 406 g/mol. The summed E-state index contributed by atoms with van der Waals surface area (Å²) in [6.07, 6.45) is 0.947. The first-order valence-electron chi connectivity index (χ1n) is 9.91. The first kappa shape index (κ1) is 24.0. The molecule has 0 spiro atoms. The molecule has 0 unspecified atom stereocenters. The maximum Gasteiger partial charge on any atom is 0.262 e. The maximum atomic E-state index is 12.2. The number of carbonyl (C=O) groups is 1. The molecule has 0 saturated carbocycles. The molecule has 4 N–H and O–H groups in total. The van der Waals surface area contributed by atoms with Crippen molar-refractivity contribution in [3.05, 3.63) is 52.5 Å². The quantitative estimate of drug-likeness (QED) is 0.362. The molecule has 2 aromatic carbocycles. The number of nitrogens with one attached hydrogen (secondary N) is 3. The lowest BCUT2D eigenvalue weighted by molar-refractivity contribution is -0.118. The molecule has 30 heavy (non-hydrogen) atoms. The molecule has 0 aliphatic rings. The number of benzene rings is 2. The minimum atomic E-state index is -0.280. The van der Waals surface area contributed by atoms with Gasteiger partial charge in [0, 0.05) is 18.8 Å². The summed E-state index contributed by atoms with van der Waals surface area (Å²) in [6.45, 7) is 4.86. The third-order valence-electron chi connectivity index (χ3n) is 4.30. The Balaban J connectivity index is 1.85. The summed E-state index contributed by atoms with van der Waals surface area (Å²) >= 11 is 6.37. The van der Waals surface area contributed by atoms with Crippen LogP contribution in [0.5, 0.6) is 11.5 Å². The van der Waals surface area contributed by atoms with Crippen molar-refractivity contribution in [2.24, 2.45) is 0 Å². The van der Waals surface area contributed by atoms with Gasteiger partial charge in [0.2, 0.25) is 0 Å². The molecule has 0 saturated heterocycles. The van der Waals surface area contributed by atoms with Gasteiger partial charge in [0.1, 0.15) is 0 Å². The van der Waals surface area contributed by atoms with Gasteiger partial charge in [-0.05, 0) is 56.3 Å². The van der Waals surface area contributed by atoms with E-state index in [2.05, 4.69) is 16.0 Å². The average molecular weight is 436 g/mol. The fourth-order valence-corrected chi connectivity index (χ4v) is 3.05. The van der Waals surface area contributed by atoms with Gasteiger partial charge in [-0.25, -0.2) is 0 Å². The third-order valence-corrected chi connectivity index (χ3v) is 4.58. The smallest absolute Gasteiger partial charge is 0.262 e. The second-order valence-corrected chi connectivity index (χ2v) is 7.22. The second-order valence-electron chi connectivity index (χ2n) is 6.82. The normalized spacial score (nSPS) is 10.7. The van der Waals surface area contributed by atoms with Crippen LogP contribution in [0.3, 0.4) is 0 Å². The second kappa shape index (κ2) is 13.1. The number of ether oxygens (including phenoxy) is 2. The van der Waals surface area contributed by atoms with Gasteiger partial charge in [0.15, 0.2) is 18.1 Å². The molecule has 1 amide bonds. The van der Waals surface area contributed by atoms with E-state index in [4.69, 9.17) is 26.2 Å². The minimum absolute atomic E-state index is 0.147. The van der Waals surface area contributed by atoms with Gasteiger partial charge in [-0.15, -0.1) is 0 Å². The van der Waals surface area contributed by atoms with Gasteiger partial charge in [-0.1, -0.05) is 29.3 Å². The Hall–Kier alpha value is -2.32. The van der Waals surface area contributed by atoms with E-state index in [1.54, 1.807) is 6.07 Å². The van der Waals surface area contributed by atoms with E-state index in [0.717, 1.165) is 30.6 Å². The number of hydrogen-bond donors (Lipinski definition) is 4. The van der Waals surface area contributed by atoms with E-state index < -0.39 is 0 Å². The molecule has 0 fully saturated rings. The van der Waals surface area contributed by atoms with Crippen molar-refractivity contribution in [2.45, 2.75) is 19.9 Å². The van der Waals surface area contributed by atoms with Crippen LogP contribution in [0.1, 0.15) is 17.5 Å². The summed E-state index contributed by atoms with van der Waals surface area (Å²) in [5.74, 6) is 0.541. The molecule has 0 heterocycles. The number of aliphatic hydroxyl groups excluding tert-OH is 1. The molecule has 7 nitrogen and oxygen atoms in total. The minimum Gasteiger partial charge on any atom is -0.493 e. The van der Waals surface area contributed by atoms with E-state index in [1.807, 2.05) is 37.3 Å². The van der Waals surface area contributed by atoms with Gasteiger partial charge >= 0.3 is 0 Å². The Morgan fingerprint density at radius 1 is 1.10 bits per heavy atom. The summed E-state index contributed by atoms with van der Waals surface area (Å²) in [5, 5.41) is 18.4. The molecule has 0 aliphatic carbocycles. The van der Waals surface area contributed by atoms with Crippen molar-refractivity contribution in [3.63, 3.8) is 0 Å². The van der Waals surface area contributed by atoms with E-state index >= 15 is 0 Å². The highest BCUT2D eigenvalue weighted by Gasteiger charge is 2.14. The zero-order valence-electron chi connectivity index (χ0n) is 17.5. The Morgan fingerprint density at radius 2 is 1.83 bits per heavy atom. The molecule has 164 valence electrons. The number of aryl methyl sites for hydroxylation is 1. The first-order chi connectivity index (χ1) is 14.5. The van der Waals surface area contributed by atoms with Gasteiger partial charge in [0.05, 0.1) is 18.7 Å². The van der Waals surface area contributed by atoms with Gasteiger partial charge in [0.25, 0.3) is 5.91 Å². The summed E-state index contributed by atoms with van der Waals surface area (Å²) in [6, 6.07) is 11.2. The largest absolute Gasteiger partial charge is 0.493 e. The van der Waals surface area contributed by atoms with Crippen LogP contribution in [-0.4, -0.2) is 51.0 Å². The number of hydrogen-bond acceptors (Lipinski definition) is 6. The van der Waals surface area contributed by atoms with Crippen LogP contribution >= 0.6 is 11.6 Å². The van der Waals surface area contributed by atoms with Gasteiger partial charge in [-0.3, -0.25) is 4.79 Å². The third kappa shape index (κ3) is 8.20. The highest BCUT2D eigenvalue weighted by Crippen LogP contribution is 2.36. The molecule has 0 atom stereocenters. The summed E-state index contributed by atoms with van der Waals surface area (Å²) in [7, 11) is 1.54. The molecule has 8 heteroatoms. The molecule has 0 aromatic heterocycles. The molecule has 2 rings (SSSR count). The lowest BCUT2D eigenvalue weighted by Crippen LogP contribution is -2.24.